The number of para-hydroxylation sites is 1. The number of hydrogen-bond acceptors (Lipinski definition) is 5. The van der Waals surface area contributed by atoms with Gasteiger partial charge in [0.25, 0.3) is 0 Å². The second-order valence-electron chi connectivity index (χ2n) is 8.20. The number of rotatable bonds is 4. The topological polar surface area (TPSA) is 80.3 Å². The van der Waals surface area contributed by atoms with Crippen LogP contribution in [0, 0.1) is 5.92 Å². The Morgan fingerprint density at radius 1 is 1.19 bits per heavy atom. The second kappa shape index (κ2) is 8.41. The average Bonchev–Trinajstić information content (AvgIpc) is 3.38. The summed E-state index contributed by atoms with van der Waals surface area (Å²) in [5.41, 5.74) is 4.13. The number of carbonyl (C=O) groups excluding carboxylic acids is 1. The van der Waals surface area contributed by atoms with Gasteiger partial charge < -0.3 is 14.4 Å². The van der Waals surface area contributed by atoms with Crippen LogP contribution < -0.4 is 9.47 Å². The van der Waals surface area contributed by atoms with E-state index >= 15 is 0 Å². The normalized spacial score (nSPS) is 18.9. The number of methoxy groups -OCH3 is 1. The van der Waals surface area contributed by atoms with Crippen molar-refractivity contribution in [2.75, 3.05) is 26.8 Å². The number of hydrogen-bond donors (Lipinski definition) is 1. The lowest BCUT2D eigenvalue weighted by Gasteiger charge is -2.35. The van der Waals surface area contributed by atoms with E-state index in [2.05, 4.69) is 27.3 Å². The molecule has 2 aliphatic heterocycles. The molecule has 1 amide bonds. The third-order valence-corrected chi connectivity index (χ3v) is 6.35. The van der Waals surface area contributed by atoms with Gasteiger partial charge in [0.15, 0.2) is 11.5 Å². The van der Waals surface area contributed by atoms with Crippen LogP contribution in [0.5, 0.6) is 11.5 Å². The number of carbonyl (C=O) groups is 1. The molecule has 0 bridgehead atoms. The highest BCUT2D eigenvalue weighted by molar-refractivity contribution is 5.80. The zero-order valence-corrected chi connectivity index (χ0v) is 17.6. The van der Waals surface area contributed by atoms with Crippen molar-refractivity contribution in [3.8, 4) is 22.8 Å². The predicted octanol–water partition coefficient (Wildman–Crippen LogP) is 3.44. The summed E-state index contributed by atoms with van der Waals surface area (Å²) in [6.07, 6.45) is 6.19. The molecule has 2 aromatic heterocycles. The molecule has 1 atom stereocenters. The third kappa shape index (κ3) is 3.87. The van der Waals surface area contributed by atoms with Crippen LogP contribution in [-0.2, 0) is 11.2 Å². The molecule has 31 heavy (non-hydrogen) atoms. The predicted molar refractivity (Wildman–Crippen MR) is 116 cm³/mol. The molecular formula is C24H26N4O3. The van der Waals surface area contributed by atoms with Gasteiger partial charge in [-0.2, -0.15) is 5.10 Å². The van der Waals surface area contributed by atoms with Gasteiger partial charge in [-0.05, 0) is 49.1 Å². The fraction of sp³-hybridized carbons (Fsp3) is 0.375. The van der Waals surface area contributed by atoms with Crippen molar-refractivity contribution in [2.24, 2.45) is 5.92 Å². The number of piperidine rings is 1. The number of fused-ring (bicyclic) bond motifs is 1. The van der Waals surface area contributed by atoms with E-state index in [9.17, 15) is 4.79 Å². The molecular weight excluding hydrogens is 392 g/mol. The Bertz CT molecular complexity index is 1040. The molecule has 0 spiro atoms. The maximum absolute atomic E-state index is 13.1. The largest absolute Gasteiger partial charge is 0.493 e. The fourth-order valence-electron chi connectivity index (χ4n) is 4.59. The fourth-order valence-corrected chi connectivity index (χ4v) is 4.59. The number of H-pyrrole nitrogens is 1. The van der Waals surface area contributed by atoms with Crippen molar-refractivity contribution in [1.82, 2.24) is 20.1 Å². The lowest BCUT2D eigenvalue weighted by atomic mass is 9.90. The monoisotopic (exact) mass is 418 g/mol. The summed E-state index contributed by atoms with van der Waals surface area (Å²) in [4.78, 5) is 19.8. The smallest absolute Gasteiger partial charge is 0.229 e. The Morgan fingerprint density at radius 3 is 2.77 bits per heavy atom. The molecule has 5 rings (SSSR count). The SMILES string of the molecule is COc1cccc2c1OC[C@H](C(=O)N1CCC(c3ccc(-c4ccn[nH]4)cn3)CC1)C2. The molecule has 1 fully saturated rings. The molecule has 2 aliphatic rings. The van der Waals surface area contributed by atoms with Crippen LogP contribution in [0.3, 0.4) is 0 Å². The van der Waals surface area contributed by atoms with Gasteiger partial charge in [-0.3, -0.25) is 14.9 Å². The van der Waals surface area contributed by atoms with Gasteiger partial charge >= 0.3 is 0 Å². The lowest BCUT2D eigenvalue weighted by Crippen LogP contribution is -2.44. The van der Waals surface area contributed by atoms with Crippen LogP contribution in [0.2, 0.25) is 0 Å². The van der Waals surface area contributed by atoms with E-state index in [0.717, 1.165) is 59.9 Å². The number of benzene rings is 1. The number of likely N-dealkylation sites (tertiary alicyclic amines) is 1. The maximum atomic E-state index is 13.1. The molecule has 1 aromatic carbocycles. The Labute approximate surface area is 181 Å². The van der Waals surface area contributed by atoms with Crippen molar-refractivity contribution >= 4 is 5.91 Å². The molecule has 0 radical (unpaired) electrons. The Morgan fingerprint density at radius 2 is 2.06 bits per heavy atom. The van der Waals surface area contributed by atoms with Crippen LogP contribution in [0.15, 0.2) is 48.8 Å². The van der Waals surface area contributed by atoms with Gasteiger partial charge in [0.1, 0.15) is 6.61 Å². The Balaban J connectivity index is 1.19. The van der Waals surface area contributed by atoms with Crippen LogP contribution in [0.1, 0.15) is 30.0 Å². The second-order valence-corrected chi connectivity index (χ2v) is 8.20. The minimum absolute atomic E-state index is 0.136. The van der Waals surface area contributed by atoms with E-state index < -0.39 is 0 Å². The number of ether oxygens (including phenoxy) is 2. The van der Waals surface area contributed by atoms with E-state index in [4.69, 9.17) is 9.47 Å². The van der Waals surface area contributed by atoms with Crippen molar-refractivity contribution in [3.05, 3.63) is 60.0 Å². The number of aromatic nitrogens is 3. The highest BCUT2D eigenvalue weighted by Crippen LogP contribution is 2.37. The van der Waals surface area contributed by atoms with Crippen LogP contribution in [0.4, 0.5) is 0 Å². The zero-order valence-electron chi connectivity index (χ0n) is 17.6. The van der Waals surface area contributed by atoms with Crippen molar-refractivity contribution < 1.29 is 14.3 Å². The molecule has 7 heteroatoms. The molecule has 7 nitrogen and oxygen atoms in total. The van der Waals surface area contributed by atoms with Crippen molar-refractivity contribution in [2.45, 2.75) is 25.2 Å². The summed E-state index contributed by atoms with van der Waals surface area (Å²) in [7, 11) is 1.64. The highest BCUT2D eigenvalue weighted by Gasteiger charge is 2.33. The summed E-state index contributed by atoms with van der Waals surface area (Å²) >= 11 is 0. The average molecular weight is 418 g/mol. The minimum Gasteiger partial charge on any atom is -0.493 e. The molecule has 0 saturated carbocycles. The van der Waals surface area contributed by atoms with E-state index in [1.807, 2.05) is 35.4 Å². The van der Waals surface area contributed by atoms with Gasteiger partial charge in [0.2, 0.25) is 5.91 Å². The Kier molecular flexibility index (Phi) is 5.32. The van der Waals surface area contributed by atoms with Gasteiger partial charge in [-0.25, -0.2) is 0 Å². The van der Waals surface area contributed by atoms with E-state index in [-0.39, 0.29) is 11.8 Å². The quantitative estimate of drug-likeness (QED) is 0.702. The van der Waals surface area contributed by atoms with Crippen LogP contribution >= 0.6 is 0 Å². The maximum Gasteiger partial charge on any atom is 0.229 e. The zero-order chi connectivity index (χ0) is 21.2. The number of amides is 1. The van der Waals surface area contributed by atoms with Crippen LogP contribution in [-0.4, -0.2) is 52.8 Å². The summed E-state index contributed by atoms with van der Waals surface area (Å²) in [6.45, 7) is 1.92. The molecule has 0 aliphatic carbocycles. The van der Waals surface area contributed by atoms with Gasteiger partial charge in [-0.15, -0.1) is 0 Å². The molecule has 3 aromatic rings. The summed E-state index contributed by atoms with van der Waals surface area (Å²) in [5, 5.41) is 6.95. The minimum atomic E-state index is -0.136. The summed E-state index contributed by atoms with van der Waals surface area (Å²) < 4.78 is 11.3. The summed E-state index contributed by atoms with van der Waals surface area (Å²) in [6, 6.07) is 12.0. The van der Waals surface area contributed by atoms with Crippen molar-refractivity contribution in [3.63, 3.8) is 0 Å². The first-order valence-corrected chi connectivity index (χ1v) is 10.8. The molecule has 1 N–H and O–H groups in total. The first-order chi connectivity index (χ1) is 15.2. The first-order valence-electron chi connectivity index (χ1n) is 10.8. The lowest BCUT2D eigenvalue weighted by molar-refractivity contribution is -0.138. The van der Waals surface area contributed by atoms with E-state index in [0.29, 0.717) is 18.9 Å². The first kappa shape index (κ1) is 19.6. The molecule has 1 saturated heterocycles. The molecule has 160 valence electrons. The highest BCUT2D eigenvalue weighted by atomic mass is 16.5. The molecule has 0 unspecified atom stereocenters. The van der Waals surface area contributed by atoms with E-state index in [1.54, 1.807) is 13.3 Å². The number of nitrogens with one attached hydrogen (secondary N) is 1. The van der Waals surface area contributed by atoms with Crippen LogP contribution in [0.25, 0.3) is 11.3 Å². The van der Waals surface area contributed by atoms with Gasteiger partial charge in [0, 0.05) is 42.7 Å². The van der Waals surface area contributed by atoms with Gasteiger partial charge in [-0.1, -0.05) is 12.1 Å². The van der Waals surface area contributed by atoms with Gasteiger partial charge in [0.05, 0.1) is 18.7 Å². The third-order valence-electron chi connectivity index (χ3n) is 6.35. The number of aromatic amines is 1. The number of pyridine rings is 1. The number of nitrogens with zero attached hydrogens (tertiary/aromatic N) is 3. The van der Waals surface area contributed by atoms with E-state index in [1.165, 1.54) is 0 Å². The summed E-state index contributed by atoms with van der Waals surface area (Å²) in [5.74, 6) is 1.94. The van der Waals surface area contributed by atoms with Crippen molar-refractivity contribution in [1.29, 1.82) is 0 Å². The molecule has 4 heterocycles. The standard InChI is InChI=1S/C24H26N4O3/c1-30-22-4-2-3-17-13-19(15-31-23(17)22)24(29)28-11-8-16(9-12-28)20-6-5-18(14-25-20)21-7-10-26-27-21/h2-7,10,14,16,19H,8-9,11-13,15H2,1H3,(H,26,27)/t19-/m1/s1. The Hall–Kier alpha value is -3.35.